The third-order valence-corrected chi connectivity index (χ3v) is 4.42. The zero-order chi connectivity index (χ0) is 21.0. The summed E-state index contributed by atoms with van der Waals surface area (Å²) in [6, 6.07) is 9.32. The number of nitrogen functional groups attached to an aromatic ring is 1. The molecule has 2 aromatic carbocycles. The first-order chi connectivity index (χ1) is 13.8. The van der Waals surface area contributed by atoms with Crippen molar-refractivity contribution in [3.8, 4) is 5.75 Å². The van der Waals surface area contributed by atoms with Crippen LogP contribution in [0.15, 0.2) is 41.4 Å². The van der Waals surface area contributed by atoms with Crippen LogP contribution < -0.4 is 15.8 Å². The number of rotatable bonds is 5. The lowest BCUT2D eigenvalue weighted by atomic mass is 10.2. The van der Waals surface area contributed by atoms with Gasteiger partial charge in [-0.1, -0.05) is 41.4 Å². The highest BCUT2D eigenvalue weighted by atomic mass is 35.5. The molecule has 1 aliphatic heterocycles. The van der Waals surface area contributed by atoms with Crippen LogP contribution in [0.4, 0.5) is 16.2 Å². The average molecular weight is 440 g/mol. The van der Waals surface area contributed by atoms with Gasteiger partial charge in [-0.15, -0.1) is 10.1 Å². The van der Waals surface area contributed by atoms with Crippen molar-refractivity contribution in [3.63, 3.8) is 0 Å². The number of guanidine groups is 1. The minimum atomic E-state index is -0.923. The van der Waals surface area contributed by atoms with Gasteiger partial charge in [0.25, 0.3) is 5.09 Å². The zero-order valence-corrected chi connectivity index (χ0v) is 16.3. The Kier molecular flexibility index (Phi) is 6.25. The number of nitrogens with two attached hydrogens (primary N) is 1. The van der Waals surface area contributed by atoms with E-state index in [0.29, 0.717) is 17.8 Å². The summed E-state index contributed by atoms with van der Waals surface area (Å²) < 4.78 is 5.39. The molecule has 1 fully saturated rings. The van der Waals surface area contributed by atoms with Gasteiger partial charge in [-0.25, -0.2) is 14.7 Å². The number of aliphatic imine (C=N–C) groups is 1. The SMILES string of the molecule is Nc1cc(Cl)c(/N=C2\NCCN2C(=O)Oc2ccccc2CO[N+](=O)[O-])c(Cl)c1. The summed E-state index contributed by atoms with van der Waals surface area (Å²) >= 11 is 12.3. The van der Waals surface area contributed by atoms with Crippen molar-refractivity contribution in [2.24, 2.45) is 4.99 Å². The monoisotopic (exact) mass is 439 g/mol. The number of benzene rings is 2. The fourth-order valence-corrected chi connectivity index (χ4v) is 3.14. The maximum atomic E-state index is 12.7. The molecule has 0 aromatic heterocycles. The van der Waals surface area contributed by atoms with Crippen molar-refractivity contribution < 1.29 is 19.5 Å². The fraction of sp³-hybridized carbons (Fsp3) is 0.176. The molecule has 152 valence electrons. The van der Waals surface area contributed by atoms with Gasteiger partial charge >= 0.3 is 6.09 Å². The molecule has 1 aliphatic rings. The van der Waals surface area contributed by atoms with Crippen LogP contribution in [0.3, 0.4) is 0 Å². The summed E-state index contributed by atoms with van der Waals surface area (Å²) in [5, 5.41) is 12.9. The molecule has 29 heavy (non-hydrogen) atoms. The van der Waals surface area contributed by atoms with Gasteiger partial charge in [-0.05, 0) is 18.2 Å². The van der Waals surface area contributed by atoms with Crippen LogP contribution in [-0.4, -0.2) is 35.1 Å². The molecule has 12 heteroatoms. The van der Waals surface area contributed by atoms with Crippen LogP contribution in [0.5, 0.6) is 5.75 Å². The summed E-state index contributed by atoms with van der Waals surface area (Å²) in [6.07, 6.45) is -0.731. The first-order valence-electron chi connectivity index (χ1n) is 8.27. The van der Waals surface area contributed by atoms with Gasteiger partial charge in [-0.2, -0.15) is 0 Å². The summed E-state index contributed by atoms with van der Waals surface area (Å²) in [7, 11) is 0. The van der Waals surface area contributed by atoms with Crippen molar-refractivity contribution in [1.29, 1.82) is 0 Å². The predicted octanol–water partition coefficient (Wildman–Crippen LogP) is 3.38. The van der Waals surface area contributed by atoms with E-state index >= 15 is 0 Å². The van der Waals surface area contributed by atoms with Crippen molar-refractivity contribution in [2.45, 2.75) is 6.61 Å². The molecule has 2 aromatic rings. The number of hydrogen-bond donors (Lipinski definition) is 2. The maximum Gasteiger partial charge on any atom is 0.422 e. The highest BCUT2D eigenvalue weighted by Crippen LogP contribution is 2.35. The van der Waals surface area contributed by atoms with Crippen LogP contribution in [0.25, 0.3) is 0 Å². The lowest BCUT2D eigenvalue weighted by Gasteiger charge is -2.17. The highest BCUT2D eigenvalue weighted by molar-refractivity contribution is 6.39. The lowest BCUT2D eigenvalue weighted by molar-refractivity contribution is -0.763. The summed E-state index contributed by atoms with van der Waals surface area (Å²) in [5.41, 5.74) is 6.66. The summed E-state index contributed by atoms with van der Waals surface area (Å²) in [4.78, 5) is 33.0. The Balaban J connectivity index is 1.81. The fourth-order valence-electron chi connectivity index (χ4n) is 2.55. The molecule has 0 radical (unpaired) electrons. The van der Waals surface area contributed by atoms with Gasteiger partial charge in [0.15, 0.2) is 0 Å². The van der Waals surface area contributed by atoms with E-state index in [1.807, 2.05) is 0 Å². The van der Waals surface area contributed by atoms with E-state index in [2.05, 4.69) is 15.1 Å². The van der Waals surface area contributed by atoms with Crippen molar-refractivity contribution >= 4 is 46.6 Å². The quantitative estimate of drug-likeness (QED) is 0.414. The van der Waals surface area contributed by atoms with E-state index in [4.69, 9.17) is 33.7 Å². The van der Waals surface area contributed by atoms with E-state index in [1.165, 1.54) is 23.1 Å². The Hall–Kier alpha value is -3.24. The molecular weight excluding hydrogens is 425 g/mol. The Morgan fingerprint density at radius 1 is 1.31 bits per heavy atom. The molecule has 0 saturated carbocycles. The third kappa shape index (κ3) is 4.98. The number of halogens is 2. The van der Waals surface area contributed by atoms with Crippen LogP contribution >= 0.6 is 23.2 Å². The molecule has 1 amide bonds. The smallest absolute Gasteiger partial charge is 0.410 e. The number of nitrogens with zero attached hydrogens (tertiary/aromatic N) is 3. The molecule has 1 saturated heterocycles. The molecule has 3 rings (SSSR count). The molecule has 0 atom stereocenters. The van der Waals surface area contributed by atoms with Gasteiger partial charge < -0.3 is 20.6 Å². The van der Waals surface area contributed by atoms with Crippen molar-refractivity contribution in [2.75, 3.05) is 18.8 Å². The largest absolute Gasteiger partial charge is 0.422 e. The van der Waals surface area contributed by atoms with Gasteiger partial charge in [0.05, 0.1) is 10.0 Å². The number of para-hydroxylation sites is 1. The second-order valence-corrected chi connectivity index (χ2v) is 6.63. The second-order valence-electron chi connectivity index (χ2n) is 5.82. The minimum Gasteiger partial charge on any atom is -0.410 e. The third-order valence-electron chi connectivity index (χ3n) is 3.85. The number of hydrogen-bond acceptors (Lipinski definition) is 7. The minimum absolute atomic E-state index is 0.133. The van der Waals surface area contributed by atoms with E-state index < -0.39 is 11.2 Å². The van der Waals surface area contributed by atoms with E-state index in [-0.39, 0.29) is 40.6 Å². The molecule has 1 heterocycles. The van der Waals surface area contributed by atoms with Crippen molar-refractivity contribution in [1.82, 2.24) is 10.2 Å². The van der Waals surface area contributed by atoms with Gasteiger partial charge in [0.1, 0.15) is 18.0 Å². The lowest BCUT2D eigenvalue weighted by Crippen LogP contribution is -2.37. The summed E-state index contributed by atoms with van der Waals surface area (Å²) in [5.74, 6) is 0.330. The standard InChI is InChI=1S/C17H15Cl2N5O5/c18-12-7-11(20)8-13(19)15(12)22-16-21-5-6-23(16)17(25)29-14-4-2-1-3-10(14)9-28-24(26)27/h1-4,7-8H,5-6,9,20H2,(H,21,22). The predicted molar refractivity (Wildman–Crippen MR) is 107 cm³/mol. The molecule has 0 bridgehead atoms. The Morgan fingerprint density at radius 2 is 2.00 bits per heavy atom. The molecular formula is C17H15Cl2N5O5. The van der Waals surface area contributed by atoms with Gasteiger partial charge in [0.2, 0.25) is 5.96 Å². The van der Waals surface area contributed by atoms with E-state index in [9.17, 15) is 14.9 Å². The maximum absolute atomic E-state index is 12.7. The van der Waals surface area contributed by atoms with E-state index in [0.717, 1.165) is 0 Å². The molecule has 0 spiro atoms. The average Bonchev–Trinajstić information content (AvgIpc) is 3.12. The number of nitrogens with one attached hydrogen (secondary N) is 1. The van der Waals surface area contributed by atoms with Crippen LogP contribution in [0.2, 0.25) is 10.0 Å². The molecule has 0 unspecified atom stereocenters. The Labute approximate surface area is 174 Å². The van der Waals surface area contributed by atoms with Crippen LogP contribution in [0, 0.1) is 10.1 Å². The summed E-state index contributed by atoms with van der Waals surface area (Å²) in [6.45, 7) is 0.367. The first-order valence-corrected chi connectivity index (χ1v) is 9.02. The number of ether oxygens (including phenoxy) is 1. The molecule has 10 nitrogen and oxygen atoms in total. The number of carbonyl (C=O) groups excluding carboxylic acids is 1. The van der Waals surface area contributed by atoms with Gasteiger partial charge in [-0.3, -0.25) is 0 Å². The zero-order valence-electron chi connectivity index (χ0n) is 14.8. The highest BCUT2D eigenvalue weighted by Gasteiger charge is 2.28. The molecule has 3 N–H and O–H groups in total. The second kappa shape index (κ2) is 8.84. The Bertz CT molecular complexity index is 961. The van der Waals surface area contributed by atoms with Crippen LogP contribution in [0.1, 0.15) is 5.56 Å². The topological polar surface area (TPSA) is 132 Å². The van der Waals surface area contributed by atoms with Gasteiger partial charge in [0, 0.05) is 24.3 Å². The van der Waals surface area contributed by atoms with Crippen molar-refractivity contribution in [3.05, 3.63) is 62.1 Å². The number of amides is 1. The van der Waals surface area contributed by atoms with E-state index in [1.54, 1.807) is 18.2 Å². The normalized spacial score (nSPS) is 14.6. The number of anilines is 1. The molecule has 0 aliphatic carbocycles. The van der Waals surface area contributed by atoms with Crippen LogP contribution in [-0.2, 0) is 11.4 Å². The Morgan fingerprint density at radius 3 is 2.69 bits per heavy atom. The number of carbonyl (C=O) groups is 1. The first kappa shape index (κ1) is 20.5.